The van der Waals surface area contributed by atoms with Crippen molar-refractivity contribution in [3.05, 3.63) is 29.8 Å². The molecule has 0 radical (unpaired) electrons. The molecular formula is C17H21F3N2O3. The minimum atomic E-state index is -4.78. The fraction of sp³-hybridized carbons (Fsp3) is 0.588. The Balaban J connectivity index is 1.59. The lowest BCUT2D eigenvalue weighted by atomic mass is 9.77. The largest absolute Gasteiger partial charge is 0.573 e. The smallest absolute Gasteiger partial charge is 0.406 e. The molecule has 3 N–H and O–H groups in total. The van der Waals surface area contributed by atoms with Crippen molar-refractivity contribution in [1.29, 1.82) is 0 Å². The molecule has 0 saturated heterocycles. The zero-order valence-electron chi connectivity index (χ0n) is 13.6. The number of carbonyl (C=O) groups is 1. The van der Waals surface area contributed by atoms with Gasteiger partial charge in [-0.15, -0.1) is 13.2 Å². The van der Waals surface area contributed by atoms with E-state index < -0.39 is 12.4 Å². The first-order valence-electron chi connectivity index (χ1n) is 8.32. The van der Waals surface area contributed by atoms with Gasteiger partial charge in [0.2, 0.25) is 0 Å². The maximum absolute atomic E-state index is 12.3. The number of hydrogen-bond donors (Lipinski definition) is 3. The third-order valence-corrected chi connectivity index (χ3v) is 4.87. The summed E-state index contributed by atoms with van der Waals surface area (Å²) in [4.78, 5) is 12.1. The Labute approximate surface area is 143 Å². The van der Waals surface area contributed by atoms with Crippen LogP contribution in [0.4, 0.5) is 18.0 Å². The number of urea groups is 1. The predicted molar refractivity (Wildman–Crippen MR) is 83.9 cm³/mol. The molecule has 5 nitrogen and oxygen atoms in total. The molecule has 1 atom stereocenters. The van der Waals surface area contributed by atoms with Crippen LogP contribution < -0.4 is 15.4 Å². The highest BCUT2D eigenvalue weighted by molar-refractivity contribution is 5.75. The predicted octanol–water partition coefficient (Wildman–Crippen LogP) is 3.25. The highest BCUT2D eigenvalue weighted by Gasteiger charge is 2.53. The topological polar surface area (TPSA) is 70.6 Å². The number of nitrogens with one attached hydrogen (secondary N) is 2. The molecule has 2 fully saturated rings. The first-order chi connectivity index (χ1) is 11.8. The van der Waals surface area contributed by atoms with Crippen LogP contribution in [0.5, 0.6) is 5.75 Å². The fourth-order valence-electron chi connectivity index (χ4n) is 3.44. The van der Waals surface area contributed by atoms with Gasteiger partial charge >= 0.3 is 12.4 Å². The van der Waals surface area contributed by atoms with Crippen LogP contribution in [0.1, 0.15) is 43.7 Å². The summed E-state index contributed by atoms with van der Waals surface area (Å²) < 4.78 is 40.9. The average Bonchev–Trinajstić information content (AvgIpc) is 3.25. The van der Waals surface area contributed by atoms with E-state index in [2.05, 4.69) is 15.4 Å². The monoisotopic (exact) mass is 358 g/mol. The molecule has 0 bridgehead atoms. The van der Waals surface area contributed by atoms with Crippen LogP contribution in [0, 0.1) is 5.41 Å². The highest BCUT2D eigenvalue weighted by Crippen LogP contribution is 2.60. The minimum absolute atomic E-state index is 0.150. The van der Waals surface area contributed by atoms with Crippen LogP contribution in [0.25, 0.3) is 0 Å². The first-order valence-corrected chi connectivity index (χ1v) is 8.32. The van der Waals surface area contributed by atoms with E-state index in [4.69, 9.17) is 0 Å². The number of alkyl halides is 3. The molecule has 25 heavy (non-hydrogen) atoms. The molecule has 2 aliphatic carbocycles. The Morgan fingerprint density at radius 2 is 2.08 bits per heavy atom. The van der Waals surface area contributed by atoms with Crippen LogP contribution in [-0.4, -0.2) is 30.1 Å². The third-order valence-electron chi connectivity index (χ3n) is 4.87. The van der Waals surface area contributed by atoms with Crippen molar-refractivity contribution in [3.63, 3.8) is 0 Å². The van der Waals surface area contributed by atoms with Gasteiger partial charge < -0.3 is 20.5 Å². The van der Waals surface area contributed by atoms with Crippen LogP contribution >= 0.6 is 0 Å². The third kappa shape index (κ3) is 4.78. The Morgan fingerprint density at radius 1 is 1.36 bits per heavy atom. The van der Waals surface area contributed by atoms with E-state index in [1.165, 1.54) is 31.0 Å². The van der Waals surface area contributed by atoms with E-state index in [1.54, 1.807) is 6.07 Å². The number of halogens is 3. The molecule has 2 saturated carbocycles. The number of aliphatic hydroxyl groups is 1. The quantitative estimate of drug-likeness (QED) is 0.731. The molecule has 8 heteroatoms. The van der Waals surface area contributed by atoms with Crippen LogP contribution in [0.15, 0.2) is 24.3 Å². The molecule has 1 aromatic carbocycles. The van der Waals surface area contributed by atoms with Crippen molar-refractivity contribution in [2.75, 3.05) is 6.61 Å². The fourth-order valence-corrected chi connectivity index (χ4v) is 3.44. The van der Waals surface area contributed by atoms with Gasteiger partial charge in [-0.05, 0) is 55.2 Å². The van der Waals surface area contributed by atoms with Crippen molar-refractivity contribution in [1.82, 2.24) is 10.6 Å². The summed E-state index contributed by atoms with van der Waals surface area (Å²) in [6.07, 6.45) is -0.158. The Hall–Kier alpha value is -1.96. The van der Waals surface area contributed by atoms with E-state index in [-0.39, 0.29) is 30.9 Å². The molecule has 3 rings (SSSR count). The van der Waals surface area contributed by atoms with Crippen molar-refractivity contribution in [2.24, 2.45) is 5.41 Å². The Morgan fingerprint density at radius 3 is 2.68 bits per heavy atom. The summed E-state index contributed by atoms with van der Waals surface area (Å²) in [5.41, 5.74) is 0.907. The van der Waals surface area contributed by atoms with E-state index in [1.807, 2.05) is 0 Å². The lowest BCUT2D eigenvalue weighted by molar-refractivity contribution is -0.274. The summed E-state index contributed by atoms with van der Waals surface area (Å²) in [5.74, 6) is -0.357. The Bertz CT molecular complexity index is 624. The van der Waals surface area contributed by atoms with Gasteiger partial charge in [-0.25, -0.2) is 4.79 Å². The highest BCUT2D eigenvalue weighted by atomic mass is 19.4. The Kier molecular flexibility index (Phi) is 4.81. The van der Waals surface area contributed by atoms with Crippen LogP contribution in [0.2, 0.25) is 0 Å². The van der Waals surface area contributed by atoms with Crippen molar-refractivity contribution >= 4 is 6.03 Å². The second kappa shape index (κ2) is 6.74. The second-order valence-electron chi connectivity index (χ2n) is 6.91. The number of ether oxygens (including phenoxy) is 1. The molecule has 1 aromatic rings. The maximum Gasteiger partial charge on any atom is 0.573 e. The van der Waals surface area contributed by atoms with Crippen molar-refractivity contribution < 1.29 is 27.8 Å². The standard InChI is InChI=1S/C17H21F3N2O3/c18-17(19,20)25-13-3-1-2-11(8-13)14(4-7-23)22-15(24)21-12-9-16(10-12)5-6-16/h1-3,8,12,14,23H,4-7,9-10H2,(H2,21,22,24). The normalized spacial score (nSPS) is 19.8. The van der Waals surface area contributed by atoms with Crippen LogP contribution in [0.3, 0.4) is 0 Å². The number of hydrogen-bond acceptors (Lipinski definition) is 3. The molecule has 1 unspecified atom stereocenters. The lowest BCUT2D eigenvalue weighted by Gasteiger charge is -2.36. The van der Waals surface area contributed by atoms with Gasteiger partial charge in [-0.3, -0.25) is 0 Å². The summed E-state index contributed by atoms with van der Waals surface area (Å²) >= 11 is 0. The number of carbonyl (C=O) groups excluding carboxylic acids is 1. The molecule has 0 heterocycles. The van der Waals surface area contributed by atoms with Gasteiger partial charge in [0.25, 0.3) is 0 Å². The zero-order chi connectivity index (χ0) is 18.1. The van der Waals surface area contributed by atoms with Gasteiger partial charge in [0.15, 0.2) is 0 Å². The lowest BCUT2D eigenvalue weighted by Crippen LogP contribution is -2.49. The molecule has 2 aliphatic rings. The molecular weight excluding hydrogens is 337 g/mol. The molecule has 0 aliphatic heterocycles. The SMILES string of the molecule is O=C(NC1CC2(CC2)C1)NC(CCO)c1cccc(OC(F)(F)F)c1. The average molecular weight is 358 g/mol. The number of benzene rings is 1. The molecule has 1 spiro atoms. The summed E-state index contributed by atoms with van der Waals surface area (Å²) in [6.45, 7) is -0.207. The maximum atomic E-state index is 12.3. The van der Waals surface area contributed by atoms with E-state index in [0.29, 0.717) is 11.0 Å². The summed E-state index contributed by atoms with van der Waals surface area (Å²) in [7, 11) is 0. The van der Waals surface area contributed by atoms with Crippen LogP contribution in [-0.2, 0) is 0 Å². The van der Waals surface area contributed by atoms with E-state index in [0.717, 1.165) is 12.8 Å². The summed E-state index contributed by atoms with van der Waals surface area (Å²) in [5, 5.41) is 14.8. The molecule has 138 valence electrons. The van der Waals surface area contributed by atoms with Crippen molar-refractivity contribution in [3.8, 4) is 5.75 Å². The number of rotatable bonds is 6. The second-order valence-corrected chi connectivity index (χ2v) is 6.91. The van der Waals surface area contributed by atoms with E-state index in [9.17, 15) is 23.1 Å². The number of amides is 2. The van der Waals surface area contributed by atoms with Gasteiger partial charge in [-0.1, -0.05) is 12.1 Å². The van der Waals surface area contributed by atoms with Gasteiger partial charge in [0, 0.05) is 12.6 Å². The zero-order valence-corrected chi connectivity index (χ0v) is 13.6. The van der Waals surface area contributed by atoms with E-state index >= 15 is 0 Å². The molecule has 0 aromatic heterocycles. The molecule has 2 amide bonds. The van der Waals surface area contributed by atoms with Gasteiger partial charge in [-0.2, -0.15) is 0 Å². The minimum Gasteiger partial charge on any atom is -0.406 e. The van der Waals surface area contributed by atoms with Gasteiger partial charge in [0.1, 0.15) is 5.75 Å². The summed E-state index contributed by atoms with van der Waals surface area (Å²) in [6, 6.07) is 4.60. The van der Waals surface area contributed by atoms with Gasteiger partial charge in [0.05, 0.1) is 6.04 Å². The first kappa shape index (κ1) is 17.8. The number of aliphatic hydroxyl groups excluding tert-OH is 1. The van der Waals surface area contributed by atoms with Crippen molar-refractivity contribution in [2.45, 2.75) is 50.6 Å².